The van der Waals surface area contributed by atoms with Gasteiger partial charge in [-0.1, -0.05) is 7.43 Å². The Morgan fingerprint density at radius 1 is 1.40 bits per heavy atom. The Morgan fingerprint density at radius 3 is 2.76 bits per heavy atom. The molecule has 0 amide bonds. The molecule has 0 aliphatic carbocycles. The van der Waals surface area contributed by atoms with Crippen LogP contribution in [0.4, 0.5) is 5.82 Å². The van der Waals surface area contributed by atoms with E-state index in [1.165, 1.54) is 0 Å². The summed E-state index contributed by atoms with van der Waals surface area (Å²) in [6, 6.07) is 3.19. The third kappa shape index (κ3) is 4.05. The minimum atomic E-state index is -0.375. The number of hydrogen-bond acceptors (Lipinski definition) is 7. The first kappa shape index (κ1) is 19.1. The minimum Gasteiger partial charge on any atom is -0.462 e. The van der Waals surface area contributed by atoms with Gasteiger partial charge in [0.25, 0.3) is 0 Å². The molecule has 1 unspecified atom stereocenters. The summed E-state index contributed by atoms with van der Waals surface area (Å²) >= 11 is 0. The molecule has 136 valence electrons. The molecule has 7 heteroatoms. The van der Waals surface area contributed by atoms with E-state index in [0.717, 1.165) is 30.0 Å². The number of fused-ring (bicyclic) bond motifs is 1. The van der Waals surface area contributed by atoms with E-state index in [4.69, 9.17) is 20.2 Å². The second kappa shape index (κ2) is 8.22. The summed E-state index contributed by atoms with van der Waals surface area (Å²) in [5.74, 6) is 0.428. The zero-order valence-electron chi connectivity index (χ0n) is 14.0. The van der Waals surface area contributed by atoms with Gasteiger partial charge in [-0.15, -0.1) is 0 Å². The van der Waals surface area contributed by atoms with Gasteiger partial charge in [-0.05, 0) is 31.5 Å². The maximum Gasteiger partial charge on any atom is 0.338 e. The summed E-state index contributed by atoms with van der Waals surface area (Å²) < 4.78 is 10.5. The number of morpholine rings is 1. The van der Waals surface area contributed by atoms with Crippen molar-refractivity contribution in [2.75, 3.05) is 37.8 Å². The molecule has 2 aromatic rings. The highest BCUT2D eigenvalue weighted by Gasteiger charge is 2.18. The standard InChI is InChI=1S/C17H22N4O3.CH4/c1-3-24-17(22)12-8-13(11(2)18)16-14(9-12)19-10-15(20-16)21-4-6-23-7-5-21;/h8-11H,3-7,18H2,1-2H3;1H4. The Morgan fingerprint density at radius 2 is 2.12 bits per heavy atom. The van der Waals surface area contributed by atoms with E-state index in [2.05, 4.69) is 9.88 Å². The summed E-state index contributed by atoms with van der Waals surface area (Å²) in [5, 5.41) is 0. The number of carbonyl (C=O) groups is 1. The van der Waals surface area contributed by atoms with Gasteiger partial charge in [-0.3, -0.25) is 4.98 Å². The average molecular weight is 346 g/mol. The number of rotatable bonds is 4. The number of anilines is 1. The third-order valence-corrected chi connectivity index (χ3v) is 4.00. The highest BCUT2D eigenvalue weighted by atomic mass is 16.5. The predicted octanol–water partition coefficient (Wildman–Crippen LogP) is 2.30. The Labute approximate surface area is 148 Å². The lowest BCUT2D eigenvalue weighted by molar-refractivity contribution is 0.0526. The molecule has 1 aliphatic rings. The van der Waals surface area contributed by atoms with Crippen molar-refractivity contribution in [1.82, 2.24) is 9.97 Å². The van der Waals surface area contributed by atoms with E-state index >= 15 is 0 Å². The number of carbonyl (C=O) groups excluding carboxylic acids is 1. The number of aromatic nitrogens is 2. The van der Waals surface area contributed by atoms with E-state index < -0.39 is 0 Å². The fraction of sp³-hybridized carbons (Fsp3) is 0.500. The molecule has 3 rings (SSSR count). The number of benzene rings is 1. The number of hydrogen-bond donors (Lipinski definition) is 1. The van der Waals surface area contributed by atoms with Crippen molar-refractivity contribution in [1.29, 1.82) is 0 Å². The number of nitrogens with zero attached hydrogens (tertiary/aromatic N) is 3. The van der Waals surface area contributed by atoms with Crippen LogP contribution >= 0.6 is 0 Å². The molecule has 1 fully saturated rings. The molecule has 1 aromatic carbocycles. The Hall–Kier alpha value is -2.25. The van der Waals surface area contributed by atoms with Gasteiger partial charge >= 0.3 is 5.97 Å². The summed E-state index contributed by atoms with van der Waals surface area (Å²) in [4.78, 5) is 23.4. The van der Waals surface area contributed by atoms with Crippen LogP contribution in [0.2, 0.25) is 0 Å². The fourth-order valence-corrected chi connectivity index (χ4v) is 2.76. The largest absolute Gasteiger partial charge is 0.462 e. The molecule has 7 nitrogen and oxygen atoms in total. The highest BCUT2D eigenvalue weighted by molar-refractivity contribution is 5.95. The molecule has 1 aliphatic heterocycles. The zero-order chi connectivity index (χ0) is 17.1. The van der Waals surface area contributed by atoms with Crippen molar-refractivity contribution >= 4 is 22.8 Å². The molecule has 0 bridgehead atoms. The minimum absolute atomic E-state index is 0. The average Bonchev–Trinajstić information content (AvgIpc) is 2.61. The number of nitrogens with two attached hydrogens (primary N) is 1. The molecule has 0 radical (unpaired) electrons. The van der Waals surface area contributed by atoms with Crippen molar-refractivity contribution in [2.45, 2.75) is 27.3 Å². The molecule has 1 aromatic heterocycles. The molecular weight excluding hydrogens is 320 g/mol. The second-order valence-corrected chi connectivity index (χ2v) is 5.77. The van der Waals surface area contributed by atoms with Crippen LogP contribution in [-0.4, -0.2) is 48.8 Å². The Kier molecular flexibility index (Phi) is 6.27. The van der Waals surface area contributed by atoms with Crippen LogP contribution in [0.1, 0.15) is 43.2 Å². The summed E-state index contributed by atoms with van der Waals surface area (Å²) in [6.07, 6.45) is 1.73. The molecule has 1 atom stereocenters. The van der Waals surface area contributed by atoms with Gasteiger partial charge in [0.2, 0.25) is 0 Å². The molecule has 0 spiro atoms. The number of ether oxygens (including phenoxy) is 2. The molecule has 0 saturated carbocycles. The lowest BCUT2D eigenvalue weighted by Crippen LogP contribution is -2.36. The lowest BCUT2D eigenvalue weighted by atomic mass is 10.0. The van der Waals surface area contributed by atoms with Gasteiger partial charge in [0, 0.05) is 19.1 Å². The third-order valence-electron chi connectivity index (χ3n) is 4.00. The van der Waals surface area contributed by atoms with E-state index in [1.54, 1.807) is 25.3 Å². The normalized spacial score (nSPS) is 15.6. The lowest BCUT2D eigenvalue weighted by Gasteiger charge is -2.27. The SMILES string of the molecule is C.CCOC(=O)c1cc(C(C)N)c2nc(N3CCOCC3)cnc2c1. The maximum atomic E-state index is 12.0. The van der Waals surface area contributed by atoms with Crippen LogP contribution in [0.5, 0.6) is 0 Å². The van der Waals surface area contributed by atoms with Gasteiger partial charge in [0.15, 0.2) is 0 Å². The quantitative estimate of drug-likeness (QED) is 0.849. The van der Waals surface area contributed by atoms with Gasteiger partial charge in [-0.25, -0.2) is 9.78 Å². The molecule has 2 N–H and O–H groups in total. The number of esters is 1. The van der Waals surface area contributed by atoms with Crippen LogP contribution in [0.15, 0.2) is 18.3 Å². The summed E-state index contributed by atoms with van der Waals surface area (Å²) in [6.45, 7) is 6.91. The van der Waals surface area contributed by atoms with Crippen LogP contribution in [-0.2, 0) is 9.47 Å². The predicted molar refractivity (Wildman–Crippen MR) is 97.9 cm³/mol. The first-order valence-electron chi connectivity index (χ1n) is 8.16. The van der Waals surface area contributed by atoms with Crippen LogP contribution in [0.3, 0.4) is 0 Å². The van der Waals surface area contributed by atoms with Crippen LogP contribution in [0, 0.1) is 0 Å². The first-order chi connectivity index (χ1) is 11.6. The monoisotopic (exact) mass is 346 g/mol. The van der Waals surface area contributed by atoms with Gasteiger partial charge in [0.1, 0.15) is 5.82 Å². The van der Waals surface area contributed by atoms with Crippen LogP contribution < -0.4 is 10.6 Å². The highest BCUT2D eigenvalue weighted by Crippen LogP contribution is 2.25. The Bertz CT molecular complexity index is 742. The van der Waals surface area contributed by atoms with E-state index in [-0.39, 0.29) is 19.4 Å². The fourth-order valence-electron chi connectivity index (χ4n) is 2.76. The topological polar surface area (TPSA) is 90.6 Å². The smallest absolute Gasteiger partial charge is 0.338 e. The first-order valence-corrected chi connectivity index (χ1v) is 8.16. The van der Waals surface area contributed by atoms with Crippen molar-refractivity contribution in [2.24, 2.45) is 5.73 Å². The zero-order valence-corrected chi connectivity index (χ0v) is 14.0. The van der Waals surface area contributed by atoms with E-state index in [9.17, 15) is 4.79 Å². The van der Waals surface area contributed by atoms with Gasteiger partial charge in [0.05, 0.1) is 42.6 Å². The van der Waals surface area contributed by atoms with Crippen molar-refractivity contribution in [3.05, 3.63) is 29.5 Å². The molecular formula is C18H26N4O3. The van der Waals surface area contributed by atoms with E-state index in [0.29, 0.717) is 30.9 Å². The molecule has 25 heavy (non-hydrogen) atoms. The van der Waals surface area contributed by atoms with Gasteiger partial charge in [-0.2, -0.15) is 0 Å². The van der Waals surface area contributed by atoms with Gasteiger partial charge < -0.3 is 20.1 Å². The molecule has 1 saturated heterocycles. The second-order valence-electron chi connectivity index (χ2n) is 5.77. The van der Waals surface area contributed by atoms with E-state index in [1.807, 2.05) is 6.92 Å². The van der Waals surface area contributed by atoms with Crippen molar-refractivity contribution < 1.29 is 14.3 Å². The maximum absolute atomic E-state index is 12.0. The summed E-state index contributed by atoms with van der Waals surface area (Å²) in [7, 11) is 0. The summed E-state index contributed by atoms with van der Waals surface area (Å²) in [5.41, 5.74) is 8.70. The van der Waals surface area contributed by atoms with Crippen molar-refractivity contribution in [3.8, 4) is 0 Å². The molecule has 2 heterocycles. The Balaban J connectivity index is 0.00000225. The van der Waals surface area contributed by atoms with Crippen molar-refractivity contribution in [3.63, 3.8) is 0 Å². The van der Waals surface area contributed by atoms with Crippen LogP contribution in [0.25, 0.3) is 11.0 Å².